The molecule has 1 aromatic rings. The van der Waals surface area contributed by atoms with Gasteiger partial charge in [0.05, 0.1) is 6.04 Å². The maximum Gasteiger partial charge on any atom is 0.0670 e. The van der Waals surface area contributed by atoms with Crippen LogP contribution in [0.1, 0.15) is 57.1 Å². The highest BCUT2D eigenvalue weighted by atomic mass is 32.2. The van der Waals surface area contributed by atoms with E-state index >= 15 is 0 Å². The van der Waals surface area contributed by atoms with E-state index in [1.807, 2.05) is 11.8 Å². The Morgan fingerprint density at radius 1 is 1.15 bits per heavy atom. The number of nitrogens with one attached hydrogen (secondary N) is 1. The molecule has 0 radical (unpaired) electrons. The SMILES string of the molecule is CCSc1ccc(C(NN)/C2=C/CCCCCC2)cc1. The van der Waals surface area contributed by atoms with E-state index in [0.29, 0.717) is 0 Å². The van der Waals surface area contributed by atoms with Crippen molar-refractivity contribution in [3.05, 3.63) is 41.5 Å². The molecule has 0 bridgehead atoms. The summed E-state index contributed by atoms with van der Waals surface area (Å²) in [5.74, 6) is 6.94. The van der Waals surface area contributed by atoms with Gasteiger partial charge in [-0.25, -0.2) is 5.43 Å². The largest absolute Gasteiger partial charge is 0.271 e. The van der Waals surface area contributed by atoms with Crippen LogP contribution >= 0.6 is 11.8 Å². The second kappa shape index (κ2) is 8.50. The summed E-state index contributed by atoms with van der Waals surface area (Å²) in [6.07, 6.45) is 10.1. The van der Waals surface area contributed by atoms with Crippen molar-refractivity contribution in [2.24, 2.45) is 5.84 Å². The van der Waals surface area contributed by atoms with E-state index in [0.717, 1.165) is 5.75 Å². The van der Waals surface area contributed by atoms with Gasteiger partial charge in [-0.2, -0.15) is 0 Å². The maximum absolute atomic E-state index is 5.83. The predicted octanol–water partition coefficient (Wildman–Crippen LogP) is 4.58. The van der Waals surface area contributed by atoms with Gasteiger partial charge in [0.15, 0.2) is 0 Å². The second-order valence-electron chi connectivity index (χ2n) is 5.33. The van der Waals surface area contributed by atoms with Gasteiger partial charge in [0.1, 0.15) is 0 Å². The Bertz CT molecular complexity index is 425. The molecule has 0 saturated heterocycles. The number of nitrogens with two attached hydrogens (primary N) is 1. The number of rotatable bonds is 5. The van der Waals surface area contributed by atoms with Crippen molar-refractivity contribution in [1.29, 1.82) is 0 Å². The molecule has 0 amide bonds. The van der Waals surface area contributed by atoms with Crippen LogP contribution in [0.2, 0.25) is 0 Å². The fourth-order valence-corrected chi connectivity index (χ4v) is 3.48. The van der Waals surface area contributed by atoms with Crippen LogP contribution in [0.3, 0.4) is 0 Å². The summed E-state index contributed by atoms with van der Waals surface area (Å²) < 4.78 is 0. The van der Waals surface area contributed by atoms with Crippen molar-refractivity contribution in [1.82, 2.24) is 5.43 Å². The topological polar surface area (TPSA) is 38.0 Å². The lowest BCUT2D eigenvalue weighted by molar-refractivity contribution is 0.555. The quantitative estimate of drug-likeness (QED) is 0.361. The molecule has 3 N–H and O–H groups in total. The molecule has 20 heavy (non-hydrogen) atoms. The van der Waals surface area contributed by atoms with Gasteiger partial charge in [-0.1, -0.05) is 43.5 Å². The third-order valence-corrected chi connectivity index (χ3v) is 4.78. The first kappa shape index (κ1) is 15.6. The van der Waals surface area contributed by atoms with E-state index in [-0.39, 0.29) is 6.04 Å². The molecule has 1 aromatic carbocycles. The van der Waals surface area contributed by atoms with Crippen molar-refractivity contribution in [3.8, 4) is 0 Å². The number of hydrogen-bond acceptors (Lipinski definition) is 3. The van der Waals surface area contributed by atoms with E-state index in [4.69, 9.17) is 5.84 Å². The minimum absolute atomic E-state index is 0.175. The fraction of sp³-hybridized carbons (Fsp3) is 0.529. The summed E-state index contributed by atoms with van der Waals surface area (Å²) >= 11 is 1.88. The molecule has 0 aliphatic heterocycles. The highest BCUT2D eigenvalue weighted by molar-refractivity contribution is 7.99. The number of hydrazine groups is 1. The highest BCUT2D eigenvalue weighted by Gasteiger charge is 2.15. The number of hydrogen-bond donors (Lipinski definition) is 2. The first-order chi connectivity index (χ1) is 9.85. The Morgan fingerprint density at radius 3 is 2.60 bits per heavy atom. The van der Waals surface area contributed by atoms with Crippen molar-refractivity contribution in [2.75, 3.05) is 5.75 Å². The summed E-state index contributed by atoms with van der Waals surface area (Å²) in [6.45, 7) is 2.18. The van der Waals surface area contributed by atoms with Crippen LogP contribution in [0.4, 0.5) is 0 Å². The molecule has 0 heterocycles. The average Bonchev–Trinajstić information content (AvgIpc) is 2.43. The maximum atomic E-state index is 5.83. The molecule has 1 atom stereocenters. The summed E-state index contributed by atoms with van der Waals surface area (Å²) in [5.41, 5.74) is 5.75. The van der Waals surface area contributed by atoms with Crippen molar-refractivity contribution < 1.29 is 0 Å². The van der Waals surface area contributed by atoms with E-state index in [1.54, 1.807) is 0 Å². The van der Waals surface area contributed by atoms with Crippen LogP contribution in [0, 0.1) is 0 Å². The monoisotopic (exact) mass is 290 g/mol. The highest BCUT2D eigenvalue weighted by Crippen LogP contribution is 2.29. The lowest BCUT2D eigenvalue weighted by Gasteiger charge is -2.22. The zero-order valence-electron chi connectivity index (χ0n) is 12.4. The number of thioether (sulfide) groups is 1. The fourth-order valence-electron chi connectivity index (χ4n) is 2.82. The van der Waals surface area contributed by atoms with Crippen LogP contribution in [0.15, 0.2) is 40.8 Å². The normalized spacial score (nSPS) is 20.6. The molecule has 0 aromatic heterocycles. The van der Waals surface area contributed by atoms with Gasteiger partial charge in [0.25, 0.3) is 0 Å². The third-order valence-electron chi connectivity index (χ3n) is 3.89. The molecule has 2 rings (SSSR count). The van der Waals surface area contributed by atoms with Crippen LogP contribution in [0.5, 0.6) is 0 Å². The minimum atomic E-state index is 0.175. The van der Waals surface area contributed by atoms with Crippen molar-refractivity contribution in [3.63, 3.8) is 0 Å². The van der Waals surface area contributed by atoms with E-state index in [2.05, 4.69) is 42.7 Å². The molecular weight excluding hydrogens is 264 g/mol. The van der Waals surface area contributed by atoms with Crippen LogP contribution in [0.25, 0.3) is 0 Å². The average molecular weight is 290 g/mol. The Kier molecular flexibility index (Phi) is 6.64. The van der Waals surface area contributed by atoms with Crippen molar-refractivity contribution in [2.45, 2.75) is 56.4 Å². The van der Waals surface area contributed by atoms with E-state index in [9.17, 15) is 0 Å². The van der Waals surface area contributed by atoms with Gasteiger partial charge < -0.3 is 0 Å². The van der Waals surface area contributed by atoms with Gasteiger partial charge in [0.2, 0.25) is 0 Å². The Morgan fingerprint density at radius 2 is 1.90 bits per heavy atom. The van der Waals surface area contributed by atoms with Crippen LogP contribution in [-0.4, -0.2) is 5.75 Å². The first-order valence-electron chi connectivity index (χ1n) is 7.73. The van der Waals surface area contributed by atoms with Crippen molar-refractivity contribution >= 4 is 11.8 Å². The minimum Gasteiger partial charge on any atom is -0.271 e. The smallest absolute Gasteiger partial charge is 0.0670 e. The standard InChI is InChI=1S/C17H26N2S/c1-2-20-16-12-10-15(11-13-16)17(19-18)14-8-6-4-3-5-7-9-14/h8,10-13,17,19H,2-7,9,18H2,1H3/b14-8+. The molecular formula is C17H26N2S. The Labute approximate surface area is 127 Å². The number of allylic oxidation sites excluding steroid dienone is 1. The summed E-state index contributed by atoms with van der Waals surface area (Å²) in [5, 5.41) is 0. The zero-order chi connectivity index (χ0) is 14.2. The molecule has 2 nitrogen and oxygen atoms in total. The lowest BCUT2D eigenvalue weighted by atomic mass is 9.91. The van der Waals surface area contributed by atoms with Gasteiger partial charge in [-0.3, -0.25) is 5.84 Å². The second-order valence-corrected chi connectivity index (χ2v) is 6.67. The van der Waals surface area contributed by atoms with E-state index < -0.39 is 0 Å². The summed E-state index contributed by atoms with van der Waals surface area (Å²) in [7, 11) is 0. The van der Waals surface area contributed by atoms with Gasteiger partial charge in [-0.15, -0.1) is 11.8 Å². The molecule has 0 fully saturated rings. The Hall–Kier alpha value is -0.770. The van der Waals surface area contributed by atoms with Gasteiger partial charge in [-0.05, 0) is 49.1 Å². The third kappa shape index (κ3) is 4.37. The molecule has 1 aliphatic rings. The van der Waals surface area contributed by atoms with E-state index in [1.165, 1.54) is 54.6 Å². The summed E-state index contributed by atoms with van der Waals surface area (Å²) in [4.78, 5) is 1.33. The van der Waals surface area contributed by atoms with Gasteiger partial charge in [0, 0.05) is 4.90 Å². The molecule has 0 spiro atoms. The predicted molar refractivity (Wildman–Crippen MR) is 88.7 cm³/mol. The zero-order valence-corrected chi connectivity index (χ0v) is 13.2. The molecule has 3 heteroatoms. The summed E-state index contributed by atoms with van der Waals surface area (Å²) in [6, 6.07) is 9.01. The molecule has 110 valence electrons. The molecule has 1 aliphatic carbocycles. The first-order valence-corrected chi connectivity index (χ1v) is 8.71. The van der Waals surface area contributed by atoms with Gasteiger partial charge >= 0.3 is 0 Å². The lowest BCUT2D eigenvalue weighted by Crippen LogP contribution is -2.29. The van der Waals surface area contributed by atoms with Crippen LogP contribution in [-0.2, 0) is 0 Å². The molecule has 0 saturated carbocycles. The number of benzene rings is 1. The Balaban J connectivity index is 2.13. The van der Waals surface area contributed by atoms with Crippen LogP contribution < -0.4 is 11.3 Å². The molecule has 1 unspecified atom stereocenters.